The lowest BCUT2D eigenvalue weighted by Crippen LogP contribution is -2.35. The highest BCUT2D eigenvalue weighted by Crippen LogP contribution is 2.32. The maximum absolute atomic E-state index is 12.7. The molecule has 1 aliphatic heterocycles. The maximum atomic E-state index is 12.7. The molecule has 1 saturated heterocycles. The highest BCUT2D eigenvalue weighted by Gasteiger charge is 2.27. The number of carboxylic acids is 1. The Bertz CT molecular complexity index is 844. The predicted octanol–water partition coefficient (Wildman–Crippen LogP) is 2.27. The highest BCUT2D eigenvalue weighted by molar-refractivity contribution is 7.91. The molecule has 0 amide bonds. The molecule has 0 unspecified atom stereocenters. The fourth-order valence-electron chi connectivity index (χ4n) is 2.58. The molecule has 3 rings (SSSR count). The summed E-state index contributed by atoms with van der Waals surface area (Å²) in [4.78, 5) is 12.6. The quantitative estimate of drug-likeness (QED) is 0.743. The van der Waals surface area contributed by atoms with Crippen molar-refractivity contribution in [3.63, 3.8) is 0 Å². The van der Waals surface area contributed by atoms with Gasteiger partial charge in [-0.2, -0.15) is 4.31 Å². The van der Waals surface area contributed by atoms with Crippen LogP contribution in [0.4, 0.5) is 0 Å². The molecular formula is C16H16NO4S3-. The fourth-order valence-corrected chi connectivity index (χ4v) is 6.22. The number of hydrogen-bond donors (Lipinski definition) is 0. The normalized spacial score (nSPS) is 17.1. The average Bonchev–Trinajstić information content (AvgIpc) is 3.25. The van der Waals surface area contributed by atoms with Gasteiger partial charge in [0.05, 0.1) is 5.97 Å². The molecule has 0 N–H and O–H groups in total. The van der Waals surface area contributed by atoms with Crippen LogP contribution in [0.25, 0.3) is 11.6 Å². The van der Waals surface area contributed by atoms with Gasteiger partial charge in [0.1, 0.15) is 4.21 Å². The molecule has 1 fully saturated rings. The maximum Gasteiger partial charge on any atom is 0.252 e. The standard InChI is InChI=1S/C16H17NO4S3/c18-16(19)13(11-12-5-4-10-22-12)14-6-7-15(23-14)24(20,21)17-8-2-1-3-9-17/h4-7,10-11H,1-3,8-9H2,(H,18,19)/p-1/b13-11-. The summed E-state index contributed by atoms with van der Waals surface area (Å²) in [6, 6.07) is 6.64. The van der Waals surface area contributed by atoms with Crippen LogP contribution in [-0.2, 0) is 14.8 Å². The zero-order chi connectivity index (χ0) is 17.2. The van der Waals surface area contributed by atoms with Gasteiger partial charge >= 0.3 is 0 Å². The van der Waals surface area contributed by atoms with Gasteiger partial charge in [0.25, 0.3) is 10.0 Å². The highest BCUT2D eigenvalue weighted by atomic mass is 32.2. The summed E-state index contributed by atoms with van der Waals surface area (Å²) < 4.78 is 27.0. The third-order valence-corrected chi connectivity index (χ3v) is 8.11. The van der Waals surface area contributed by atoms with Crippen molar-refractivity contribution >= 4 is 50.3 Å². The minimum absolute atomic E-state index is 0.00236. The summed E-state index contributed by atoms with van der Waals surface area (Å²) in [5, 5.41) is 13.3. The van der Waals surface area contributed by atoms with Crippen molar-refractivity contribution in [1.29, 1.82) is 0 Å². The number of carbonyl (C=O) groups is 1. The van der Waals surface area contributed by atoms with Crippen molar-refractivity contribution in [3.8, 4) is 0 Å². The van der Waals surface area contributed by atoms with Crippen molar-refractivity contribution in [2.24, 2.45) is 0 Å². The molecule has 1 aliphatic rings. The lowest BCUT2D eigenvalue weighted by Gasteiger charge is -2.25. The van der Waals surface area contributed by atoms with Crippen LogP contribution in [0.15, 0.2) is 33.9 Å². The molecule has 128 valence electrons. The zero-order valence-corrected chi connectivity index (χ0v) is 15.3. The van der Waals surface area contributed by atoms with Crippen molar-refractivity contribution in [3.05, 3.63) is 39.4 Å². The van der Waals surface area contributed by atoms with Gasteiger partial charge in [-0.25, -0.2) is 8.42 Å². The van der Waals surface area contributed by atoms with Crippen molar-refractivity contribution in [1.82, 2.24) is 4.31 Å². The lowest BCUT2D eigenvalue weighted by molar-refractivity contribution is -0.295. The summed E-state index contributed by atoms with van der Waals surface area (Å²) in [6.07, 6.45) is 4.28. The van der Waals surface area contributed by atoms with Crippen LogP contribution < -0.4 is 5.11 Å². The van der Waals surface area contributed by atoms with E-state index in [4.69, 9.17) is 0 Å². The van der Waals surface area contributed by atoms with E-state index in [0.717, 1.165) is 35.5 Å². The molecule has 0 spiro atoms. The van der Waals surface area contributed by atoms with E-state index in [1.807, 2.05) is 11.4 Å². The number of sulfonamides is 1. The van der Waals surface area contributed by atoms with Gasteiger partial charge in [-0.3, -0.25) is 0 Å². The molecule has 0 atom stereocenters. The summed E-state index contributed by atoms with van der Waals surface area (Å²) in [6.45, 7) is 1.04. The van der Waals surface area contributed by atoms with Crippen LogP contribution in [0.3, 0.4) is 0 Å². The molecule has 0 saturated carbocycles. The second kappa shape index (κ2) is 7.18. The molecule has 24 heavy (non-hydrogen) atoms. The van der Waals surface area contributed by atoms with E-state index in [9.17, 15) is 18.3 Å². The zero-order valence-electron chi connectivity index (χ0n) is 12.8. The molecule has 0 bridgehead atoms. The lowest BCUT2D eigenvalue weighted by atomic mass is 10.2. The second-order valence-electron chi connectivity index (χ2n) is 5.44. The number of thiophene rings is 2. The van der Waals surface area contributed by atoms with Crippen LogP contribution >= 0.6 is 22.7 Å². The minimum atomic E-state index is -3.55. The third-order valence-electron chi connectivity index (χ3n) is 3.81. The Morgan fingerprint density at radius 1 is 1.17 bits per heavy atom. The molecule has 8 heteroatoms. The van der Waals surface area contributed by atoms with Gasteiger partial charge in [0.15, 0.2) is 0 Å². The molecular weight excluding hydrogens is 366 g/mol. The summed E-state index contributed by atoms with van der Waals surface area (Å²) >= 11 is 2.39. The number of nitrogens with zero attached hydrogens (tertiary/aromatic N) is 1. The third kappa shape index (κ3) is 3.61. The van der Waals surface area contributed by atoms with Gasteiger partial charge in [-0.1, -0.05) is 12.5 Å². The molecule has 0 radical (unpaired) electrons. The first-order valence-corrected chi connectivity index (χ1v) is 10.7. The fraction of sp³-hybridized carbons (Fsp3) is 0.312. The monoisotopic (exact) mass is 382 g/mol. The van der Waals surface area contributed by atoms with E-state index in [1.54, 1.807) is 6.07 Å². The molecule has 0 aromatic carbocycles. The number of piperidine rings is 1. The summed E-state index contributed by atoms with van der Waals surface area (Å²) in [5.74, 6) is -1.31. The topological polar surface area (TPSA) is 77.5 Å². The van der Waals surface area contributed by atoms with Crippen LogP contribution in [0.2, 0.25) is 0 Å². The molecule has 0 aliphatic carbocycles. The number of carboxylic acid groups (broad SMARTS) is 1. The van der Waals surface area contributed by atoms with Crippen LogP contribution in [0.5, 0.6) is 0 Å². The van der Waals surface area contributed by atoms with Crippen molar-refractivity contribution in [2.45, 2.75) is 23.5 Å². The van der Waals surface area contributed by atoms with Crippen LogP contribution in [0, 0.1) is 0 Å². The molecule has 3 heterocycles. The average molecular weight is 383 g/mol. The van der Waals surface area contributed by atoms with E-state index in [2.05, 4.69) is 0 Å². The van der Waals surface area contributed by atoms with Gasteiger partial charge in [-0.15, -0.1) is 22.7 Å². The van der Waals surface area contributed by atoms with Gasteiger partial charge in [0.2, 0.25) is 0 Å². The number of aliphatic carboxylic acids is 1. The van der Waals surface area contributed by atoms with Crippen molar-refractivity contribution < 1.29 is 18.3 Å². The van der Waals surface area contributed by atoms with Crippen LogP contribution in [-0.4, -0.2) is 31.8 Å². The summed E-state index contributed by atoms with van der Waals surface area (Å²) in [5.41, 5.74) is 0.00236. The largest absolute Gasteiger partial charge is 0.545 e. The first kappa shape index (κ1) is 17.3. The Kier molecular flexibility index (Phi) is 5.19. The van der Waals surface area contributed by atoms with E-state index < -0.39 is 16.0 Å². The van der Waals surface area contributed by atoms with E-state index in [0.29, 0.717) is 18.0 Å². The van der Waals surface area contributed by atoms with E-state index in [1.165, 1.54) is 33.9 Å². The Morgan fingerprint density at radius 3 is 2.54 bits per heavy atom. The minimum Gasteiger partial charge on any atom is -0.545 e. The first-order valence-electron chi connectivity index (χ1n) is 7.55. The number of carbonyl (C=O) groups excluding carboxylic acids is 1. The van der Waals surface area contributed by atoms with Gasteiger partial charge in [0, 0.05) is 28.4 Å². The van der Waals surface area contributed by atoms with Gasteiger partial charge < -0.3 is 9.90 Å². The Balaban J connectivity index is 1.92. The van der Waals surface area contributed by atoms with Gasteiger partial charge in [-0.05, 0) is 42.5 Å². The number of hydrogen-bond acceptors (Lipinski definition) is 6. The Hall–Kier alpha value is -1.48. The summed E-state index contributed by atoms with van der Waals surface area (Å²) in [7, 11) is -3.55. The van der Waals surface area contributed by atoms with Crippen LogP contribution in [0.1, 0.15) is 29.0 Å². The Morgan fingerprint density at radius 2 is 1.92 bits per heavy atom. The van der Waals surface area contributed by atoms with E-state index in [-0.39, 0.29) is 9.78 Å². The molecule has 2 aromatic rings. The van der Waals surface area contributed by atoms with E-state index >= 15 is 0 Å². The predicted molar refractivity (Wildman–Crippen MR) is 94.1 cm³/mol. The Labute approximate surface area is 148 Å². The molecule has 2 aromatic heterocycles. The molecule has 5 nitrogen and oxygen atoms in total. The number of rotatable bonds is 5. The first-order chi connectivity index (χ1) is 11.5. The second-order valence-corrected chi connectivity index (χ2v) is 9.67. The smallest absolute Gasteiger partial charge is 0.252 e. The van der Waals surface area contributed by atoms with Crippen molar-refractivity contribution in [2.75, 3.05) is 13.1 Å². The SMILES string of the molecule is O=C([O-])/C(=C\c1cccs1)c1ccc(S(=O)(=O)N2CCCCC2)s1.